The molecule has 0 saturated carbocycles. The van der Waals surface area contributed by atoms with Crippen molar-refractivity contribution in [1.29, 1.82) is 0 Å². The topological polar surface area (TPSA) is 45.7 Å². The van der Waals surface area contributed by atoms with Gasteiger partial charge in [0.1, 0.15) is 10.8 Å². The lowest BCUT2D eigenvalue weighted by atomic mass is 9.96. The van der Waals surface area contributed by atoms with Crippen molar-refractivity contribution >= 4 is 17.7 Å². The SMILES string of the molecule is CCN(C[C@H]1CCCN(CCc2cccc(OC)c2)C1)C(=O)c1cccnc1SC. The average molecular weight is 428 g/mol. The van der Waals surface area contributed by atoms with E-state index in [2.05, 4.69) is 35.0 Å². The van der Waals surface area contributed by atoms with Gasteiger partial charge in [-0.3, -0.25) is 4.79 Å². The molecular weight excluding hydrogens is 394 g/mol. The first kappa shape index (κ1) is 22.6. The van der Waals surface area contributed by atoms with Crippen LogP contribution in [0.4, 0.5) is 0 Å². The number of likely N-dealkylation sites (tertiary alicyclic amines) is 1. The molecule has 1 fully saturated rings. The van der Waals surface area contributed by atoms with Gasteiger partial charge < -0.3 is 14.5 Å². The third-order valence-corrected chi connectivity index (χ3v) is 6.51. The number of piperidine rings is 1. The first-order chi connectivity index (χ1) is 14.6. The Labute approximate surface area is 184 Å². The summed E-state index contributed by atoms with van der Waals surface area (Å²) in [7, 11) is 1.71. The van der Waals surface area contributed by atoms with Crippen LogP contribution >= 0.6 is 11.8 Å². The van der Waals surface area contributed by atoms with E-state index < -0.39 is 0 Å². The van der Waals surface area contributed by atoms with E-state index in [1.807, 2.05) is 29.4 Å². The molecule has 1 aromatic heterocycles. The number of thioether (sulfide) groups is 1. The van der Waals surface area contributed by atoms with Crippen molar-refractivity contribution in [1.82, 2.24) is 14.8 Å². The van der Waals surface area contributed by atoms with Crippen LogP contribution in [0.15, 0.2) is 47.6 Å². The first-order valence-corrected chi connectivity index (χ1v) is 12.0. The van der Waals surface area contributed by atoms with Gasteiger partial charge in [0, 0.05) is 32.4 Å². The zero-order valence-corrected chi connectivity index (χ0v) is 19.2. The van der Waals surface area contributed by atoms with Gasteiger partial charge in [-0.15, -0.1) is 11.8 Å². The second-order valence-electron chi connectivity index (χ2n) is 7.81. The molecule has 0 aliphatic carbocycles. The van der Waals surface area contributed by atoms with Gasteiger partial charge in [-0.25, -0.2) is 4.98 Å². The predicted molar refractivity (Wildman–Crippen MR) is 123 cm³/mol. The third-order valence-electron chi connectivity index (χ3n) is 5.80. The van der Waals surface area contributed by atoms with Crippen molar-refractivity contribution in [3.63, 3.8) is 0 Å². The number of ether oxygens (including phenoxy) is 1. The second-order valence-corrected chi connectivity index (χ2v) is 8.61. The molecule has 2 heterocycles. The normalized spacial score (nSPS) is 17.0. The Balaban J connectivity index is 1.56. The van der Waals surface area contributed by atoms with Crippen LogP contribution < -0.4 is 4.74 Å². The molecule has 0 radical (unpaired) electrons. The molecule has 162 valence electrons. The van der Waals surface area contributed by atoms with Crippen LogP contribution in [0.2, 0.25) is 0 Å². The fourth-order valence-electron chi connectivity index (χ4n) is 4.17. The van der Waals surface area contributed by atoms with Crippen LogP contribution in [-0.4, -0.2) is 66.8 Å². The number of pyridine rings is 1. The quantitative estimate of drug-likeness (QED) is 0.561. The van der Waals surface area contributed by atoms with Gasteiger partial charge in [-0.2, -0.15) is 0 Å². The Morgan fingerprint density at radius 3 is 2.97 bits per heavy atom. The highest BCUT2D eigenvalue weighted by atomic mass is 32.2. The summed E-state index contributed by atoms with van der Waals surface area (Å²) in [6, 6.07) is 12.1. The zero-order valence-electron chi connectivity index (χ0n) is 18.3. The molecule has 0 unspecified atom stereocenters. The van der Waals surface area contributed by atoms with Gasteiger partial charge in [0.25, 0.3) is 5.91 Å². The summed E-state index contributed by atoms with van der Waals surface area (Å²) < 4.78 is 5.34. The largest absolute Gasteiger partial charge is 0.497 e. The fourth-order valence-corrected chi connectivity index (χ4v) is 4.71. The minimum Gasteiger partial charge on any atom is -0.497 e. The lowest BCUT2D eigenvalue weighted by molar-refractivity contribution is 0.0686. The molecule has 2 aromatic rings. The molecule has 0 spiro atoms. The Morgan fingerprint density at radius 1 is 1.33 bits per heavy atom. The fraction of sp³-hybridized carbons (Fsp3) is 0.500. The molecule has 0 bridgehead atoms. The summed E-state index contributed by atoms with van der Waals surface area (Å²) in [5.41, 5.74) is 2.03. The number of methoxy groups -OCH3 is 1. The molecule has 1 aliphatic heterocycles. The van der Waals surface area contributed by atoms with Crippen molar-refractivity contribution in [2.24, 2.45) is 5.92 Å². The van der Waals surface area contributed by atoms with Crippen molar-refractivity contribution in [3.8, 4) is 5.75 Å². The molecule has 1 atom stereocenters. The number of nitrogens with zero attached hydrogens (tertiary/aromatic N) is 3. The van der Waals surface area contributed by atoms with Gasteiger partial charge in [-0.1, -0.05) is 12.1 Å². The van der Waals surface area contributed by atoms with Gasteiger partial charge >= 0.3 is 0 Å². The van der Waals surface area contributed by atoms with Gasteiger partial charge in [0.05, 0.1) is 12.7 Å². The molecule has 6 heteroatoms. The first-order valence-electron chi connectivity index (χ1n) is 10.8. The molecule has 1 aromatic carbocycles. The van der Waals surface area contributed by atoms with E-state index in [4.69, 9.17) is 4.74 Å². The minimum absolute atomic E-state index is 0.100. The number of carbonyl (C=O) groups is 1. The number of rotatable bonds is 9. The molecule has 0 N–H and O–H groups in total. The number of amides is 1. The second kappa shape index (κ2) is 11.4. The van der Waals surface area contributed by atoms with Gasteiger partial charge in [0.15, 0.2) is 0 Å². The lowest BCUT2D eigenvalue weighted by Gasteiger charge is -2.35. The van der Waals surface area contributed by atoms with E-state index >= 15 is 0 Å². The summed E-state index contributed by atoms with van der Waals surface area (Å²) in [4.78, 5) is 22.0. The molecule has 1 amide bonds. The van der Waals surface area contributed by atoms with Crippen LogP contribution in [-0.2, 0) is 6.42 Å². The van der Waals surface area contributed by atoms with Gasteiger partial charge in [0.2, 0.25) is 0 Å². The average Bonchev–Trinajstić information content (AvgIpc) is 2.81. The van der Waals surface area contributed by atoms with E-state index in [1.54, 1.807) is 13.3 Å². The van der Waals surface area contributed by atoms with E-state index in [0.717, 1.165) is 55.5 Å². The van der Waals surface area contributed by atoms with Crippen LogP contribution in [0.25, 0.3) is 0 Å². The van der Waals surface area contributed by atoms with Gasteiger partial charge in [-0.05, 0) is 74.7 Å². The molecule has 1 aliphatic rings. The molecular formula is C24H33N3O2S. The highest BCUT2D eigenvalue weighted by Crippen LogP contribution is 2.22. The molecule has 1 saturated heterocycles. The molecule has 3 rings (SSSR count). The maximum atomic E-state index is 13.1. The summed E-state index contributed by atoms with van der Waals surface area (Å²) in [6.07, 6.45) is 7.11. The Hall–Kier alpha value is -2.05. The summed E-state index contributed by atoms with van der Waals surface area (Å²) in [6.45, 7) is 6.84. The number of aromatic nitrogens is 1. The third kappa shape index (κ3) is 5.99. The van der Waals surface area contributed by atoms with Crippen molar-refractivity contribution in [2.45, 2.75) is 31.2 Å². The monoisotopic (exact) mass is 427 g/mol. The van der Waals surface area contributed by atoms with Crippen molar-refractivity contribution in [3.05, 3.63) is 53.7 Å². The van der Waals surface area contributed by atoms with Crippen LogP contribution in [0.5, 0.6) is 5.75 Å². The van der Waals surface area contributed by atoms with E-state index in [0.29, 0.717) is 5.92 Å². The van der Waals surface area contributed by atoms with Crippen molar-refractivity contribution < 1.29 is 9.53 Å². The predicted octanol–water partition coefficient (Wildman–Crippen LogP) is 4.23. The maximum Gasteiger partial charge on any atom is 0.256 e. The standard InChI is InChI=1S/C24H33N3O2S/c1-4-27(24(28)22-11-6-13-25-23(22)30-3)18-20-9-7-14-26(17-20)15-12-19-8-5-10-21(16-19)29-2/h5-6,8,10-11,13,16,20H,4,7,9,12,14-15,17-18H2,1-3H3/t20-/m0/s1. The number of hydrogen-bond donors (Lipinski definition) is 0. The Kier molecular flexibility index (Phi) is 8.58. The van der Waals surface area contributed by atoms with Crippen LogP contribution in [0.3, 0.4) is 0 Å². The number of carbonyl (C=O) groups excluding carboxylic acids is 1. The Morgan fingerprint density at radius 2 is 2.20 bits per heavy atom. The number of hydrogen-bond acceptors (Lipinski definition) is 5. The minimum atomic E-state index is 0.100. The van der Waals surface area contributed by atoms with Crippen LogP contribution in [0, 0.1) is 5.92 Å². The van der Waals surface area contributed by atoms with Crippen molar-refractivity contribution in [2.75, 3.05) is 46.1 Å². The summed E-state index contributed by atoms with van der Waals surface area (Å²) in [5, 5.41) is 0.810. The molecule has 30 heavy (non-hydrogen) atoms. The van der Waals surface area contributed by atoms with E-state index in [1.165, 1.54) is 30.2 Å². The highest BCUT2D eigenvalue weighted by Gasteiger charge is 2.25. The number of benzene rings is 1. The summed E-state index contributed by atoms with van der Waals surface area (Å²) >= 11 is 1.53. The van der Waals surface area contributed by atoms with E-state index in [9.17, 15) is 4.79 Å². The highest BCUT2D eigenvalue weighted by molar-refractivity contribution is 7.98. The lowest BCUT2D eigenvalue weighted by Crippen LogP contribution is -2.43. The van der Waals surface area contributed by atoms with E-state index in [-0.39, 0.29) is 5.91 Å². The zero-order chi connectivity index (χ0) is 21.3. The molecule has 5 nitrogen and oxygen atoms in total. The van der Waals surface area contributed by atoms with Crippen LogP contribution in [0.1, 0.15) is 35.7 Å². The maximum absolute atomic E-state index is 13.1. The Bertz CT molecular complexity index is 830. The smallest absolute Gasteiger partial charge is 0.256 e. The summed E-state index contributed by atoms with van der Waals surface area (Å²) in [5.74, 6) is 1.53.